The van der Waals surface area contributed by atoms with Crippen molar-refractivity contribution in [1.29, 1.82) is 0 Å². The second-order valence-corrected chi connectivity index (χ2v) is 10.3. The Balaban J connectivity index is 1.20. The number of nitrogens with two attached hydrogens (primary N) is 1. The third-order valence-corrected chi connectivity index (χ3v) is 7.57. The first-order chi connectivity index (χ1) is 18.4. The van der Waals surface area contributed by atoms with Gasteiger partial charge in [-0.2, -0.15) is 4.98 Å². The minimum atomic E-state index is -0.604. The van der Waals surface area contributed by atoms with Gasteiger partial charge in [-0.25, -0.2) is 9.37 Å². The van der Waals surface area contributed by atoms with Gasteiger partial charge in [-0.05, 0) is 86.6 Å². The average Bonchev–Trinajstić information content (AvgIpc) is 2.93. The van der Waals surface area contributed by atoms with Crippen molar-refractivity contribution in [1.82, 2.24) is 9.97 Å². The van der Waals surface area contributed by atoms with Gasteiger partial charge in [0.05, 0.1) is 12.8 Å². The van der Waals surface area contributed by atoms with Crippen molar-refractivity contribution >= 4 is 34.7 Å². The highest BCUT2D eigenvalue weighted by atomic mass is 19.1. The molecule has 2 saturated carbocycles. The van der Waals surface area contributed by atoms with E-state index in [1.807, 2.05) is 24.3 Å². The molecule has 38 heavy (non-hydrogen) atoms. The molecule has 2 aliphatic carbocycles. The largest absolute Gasteiger partial charge is 0.493 e. The van der Waals surface area contributed by atoms with Crippen molar-refractivity contribution in [3.63, 3.8) is 0 Å². The zero-order chi connectivity index (χ0) is 26.5. The number of carbonyl (C=O) groups is 1. The van der Waals surface area contributed by atoms with Crippen molar-refractivity contribution in [2.45, 2.75) is 44.6 Å². The molecule has 9 heteroatoms. The average molecular weight is 517 g/mol. The van der Waals surface area contributed by atoms with Crippen molar-refractivity contribution in [3.05, 3.63) is 73.2 Å². The number of nitrogens with one attached hydrogen (secondary N) is 3. The molecule has 5 N–H and O–H groups in total. The van der Waals surface area contributed by atoms with E-state index in [-0.39, 0.29) is 23.1 Å². The maximum Gasteiger partial charge on any atom is 0.247 e. The number of anilines is 5. The second kappa shape index (κ2) is 11.2. The number of carbonyl (C=O) groups excluding carboxylic acids is 1. The molecule has 1 aromatic heterocycles. The van der Waals surface area contributed by atoms with Gasteiger partial charge in [0.2, 0.25) is 11.9 Å². The van der Waals surface area contributed by atoms with Crippen LogP contribution in [0.1, 0.15) is 38.5 Å². The predicted octanol–water partition coefficient (Wildman–Crippen LogP) is 5.90. The third kappa shape index (κ3) is 6.11. The second-order valence-electron chi connectivity index (χ2n) is 10.3. The predicted molar refractivity (Wildman–Crippen MR) is 147 cm³/mol. The molecular weight excluding hydrogens is 483 g/mol. The molecule has 2 fully saturated rings. The summed E-state index contributed by atoms with van der Waals surface area (Å²) in [6.07, 6.45) is 9.35. The summed E-state index contributed by atoms with van der Waals surface area (Å²) in [6, 6.07) is 14.8. The lowest BCUT2D eigenvalue weighted by Gasteiger charge is -2.47. The molecule has 5 rings (SSSR count). The maximum absolute atomic E-state index is 14.4. The Morgan fingerprint density at radius 2 is 1.95 bits per heavy atom. The van der Waals surface area contributed by atoms with E-state index in [2.05, 4.69) is 32.5 Å². The van der Waals surface area contributed by atoms with E-state index in [1.165, 1.54) is 31.8 Å². The van der Waals surface area contributed by atoms with Gasteiger partial charge in [0, 0.05) is 28.5 Å². The van der Waals surface area contributed by atoms with Crippen LogP contribution in [0.15, 0.2) is 67.4 Å². The van der Waals surface area contributed by atoms with Gasteiger partial charge in [-0.1, -0.05) is 19.1 Å². The first kappa shape index (κ1) is 25.7. The molecule has 2 aromatic carbocycles. The summed E-state index contributed by atoms with van der Waals surface area (Å²) in [5, 5.41) is 8.71. The fourth-order valence-corrected chi connectivity index (χ4v) is 5.52. The molecule has 0 aliphatic heterocycles. The number of aromatic nitrogens is 2. The van der Waals surface area contributed by atoms with Crippen LogP contribution in [0.2, 0.25) is 0 Å². The smallest absolute Gasteiger partial charge is 0.247 e. The molecule has 1 amide bonds. The Morgan fingerprint density at radius 3 is 2.76 bits per heavy atom. The van der Waals surface area contributed by atoms with Crippen LogP contribution in [0.5, 0.6) is 5.75 Å². The van der Waals surface area contributed by atoms with Crippen LogP contribution in [0.3, 0.4) is 0 Å². The van der Waals surface area contributed by atoms with E-state index in [0.29, 0.717) is 23.3 Å². The summed E-state index contributed by atoms with van der Waals surface area (Å²) in [6.45, 7) is 4.16. The number of rotatable bonds is 9. The highest BCUT2D eigenvalue weighted by Gasteiger charge is 2.42. The van der Waals surface area contributed by atoms with Gasteiger partial charge in [0.25, 0.3) is 0 Å². The number of ether oxygens (including phenoxy) is 1. The standard InChI is InChI=1S/C29H33FN6O2/c1-2-26(37)33-21-6-3-7-22(15-21)34-27-24(30)17-32-28(36-27)35-20-8-10-23(11-9-20)38-18-29-13-4-5-19(16-29)25(31)12-14-29/h2-3,6-11,15,17,19,25H,1,4-5,12-14,16,18,31H2,(H,33,37)(H2,32,34,35,36). The molecule has 0 radical (unpaired) electrons. The van der Waals surface area contributed by atoms with E-state index in [0.717, 1.165) is 37.1 Å². The fraction of sp³-hybridized carbons (Fsp3) is 0.345. The highest BCUT2D eigenvalue weighted by molar-refractivity contribution is 5.99. The van der Waals surface area contributed by atoms with Gasteiger partial charge in [-0.3, -0.25) is 4.79 Å². The molecule has 3 aromatic rings. The monoisotopic (exact) mass is 516 g/mol. The first-order valence-corrected chi connectivity index (χ1v) is 13.0. The van der Waals surface area contributed by atoms with E-state index >= 15 is 0 Å². The van der Waals surface area contributed by atoms with Gasteiger partial charge < -0.3 is 26.4 Å². The molecule has 3 atom stereocenters. The summed E-state index contributed by atoms with van der Waals surface area (Å²) in [7, 11) is 0. The first-order valence-electron chi connectivity index (χ1n) is 13.0. The Kier molecular flexibility index (Phi) is 7.55. The lowest BCUT2D eigenvalue weighted by molar-refractivity contribution is -0.111. The minimum absolute atomic E-state index is 0.00638. The zero-order valence-electron chi connectivity index (χ0n) is 21.3. The van der Waals surface area contributed by atoms with E-state index in [4.69, 9.17) is 10.5 Å². The Morgan fingerprint density at radius 1 is 1.13 bits per heavy atom. The third-order valence-electron chi connectivity index (χ3n) is 7.57. The molecule has 2 bridgehead atoms. The van der Waals surface area contributed by atoms with E-state index in [9.17, 15) is 9.18 Å². The summed E-state index contributed by atoms with van der Waals surface area (Å²) in [5.74, 6) is 0.751. The number of hydrogen-bond acceptors (Lipinski definition) is 7. The quantitative estimate of drug-likeness (QED) is 0.262. The van der Waals surface area contributed by atoms with Crippen LogP contribution < -0.4 is 26.4 Å². The van der Waals surface area contributed by atoms with Crippen LogP contribution in [-0.4, -0.2) is 28.5 Å². The summed E-state index contributed by atoms with van der Waals surface area (Å²) in [5.41, 5.74) is 8.42. The lowest BCUT2D eigenvalue weighted by atomic mass is 9.61. The van der Waals surface area contributed by atoms with Crippen LogP contribution >= 0.6 is 0 Å². The van der Waals surface area contributed by atoms with Crippen molar-refractivity contribution in [2.75, 3.05) is 22.6 Å². The zero-order valence-corrected chi connectivity index (χ0v) is 21.3. The number of amides is 1. The van der Waals surface area contributed by atoms with E-state index in [1.54, 1.807) is 24.3 Å². The van der Waals surface area contributed by atoms with Crippen LogP contribution in [0.25, 0.3) is 0 Å². The van der Waals surface area contributed by atoms with Gasteiger partial charge in [0.15, 0.2) is 11.6 Å². The molecule has 1 heterocycles. The number of halogens is 1. The molecule has 0 spiro atoms. The van der Waals surface area contributed by atoms with Crippen molar-refractivity contribution in [3.8, 4) is 5.75 Å². The van der Waals surface area contributed by atoms with Crippen molar-refractivity contribution < 1.29 is 13.9 Å². The Bertz CT molecular complexity index is 1300. The van der Waals surface area contributed by atoms with Gasteiger partial charge >= 0.3 is 0 Å². The molecular formula is C29H33FN6O2. The normalized spacial score (nSPS) is 22.3. The molecule has 8 nitrogen and oxygen atoms in total. The number of nitrogens with zero attached hydrogens (tertiary/aromatic N) is 2. The maximum atomic E-state index is 14.4. The highest BCUT2D eigenvalue weighted by Crippen LogP contribution is 2.48. The Labute approximate surface area is 221 Å². The minimum Gasteiger partial charge on any atom is -0.493 e. The summed E-state index contributed by atoms with van der Waals surface area (Å²) in [4.78, 5) is 19.9. The molecule has 2 aliphatic rings. The SMILES string of the molecule is C=CC(=O)Nc1cccc(Nc2nc(Nc3ccc(OCC45CCCC(C4)C(N)CC5)cc3)ncc2F)c1. The van der Waals surface area contributed by atoms with Gasteiger partial charge in [-0.15, -0.1) is 0 Å². The van der Waals surface area contributed by atoms with Crippen LogP contribution in [-0.2, 0) is 4.79 Å². The van der Waals surface area contributed by atoms with E-state index < -0.39 is 5.82 Å². The topological polar surface area (TPSA) is 114 Å². The molecule has 0 saturated heterocycles. The fourth-order valence-electron chi connectivity index (χ4n) is 5.52. The summed E-state index contributed by atoms with van der Waals surface area (Å²) < 4.78 is 20.7. The number of fused-ring (bicyclic) bond motifs is 2. The van der Waals surface area contributed by atoms with Gasteiger partial charge in [0.1, 0.15) is 5.75 Å². The van der Waals surface area contributed by atoms with Crippen LogP contribution in [0.4, 0.5) is 33.2 Å². The lowest BCUT2D eigenvalue weighted by Crippen LogP contribution is -2.46. The van der Waals surface area contributed by atoms with Crippen molar-refractivity contribution in [2.24, 2.45) is 17.1 Å². The summed E-state index contributed by atoms with van der Waals surface area (Å²) >= 11 is 0. The number of benzene rings is 2. The van der Waals surface area contributed by atoms with Crippen LogP contribution in [0, 0.1) is 17.2 Å². The number of hydrogen-bond donors (Lipinski definition) is 4. The molecule has 3 unspecified atom stereocenters. The Hall–Kier alpha value is -3.98. The molecule has 198 valence electrons.